The highest BCUT2D eigenvalue weighted by Gasteiger charge is 2.29. The van der Waals surface area contributed by atoms with Crippen LogP contribution in [0.1, 0.15) is 16.7 Å². The summed E-state index contributed by atoms with van der Waals surface area (Å²) < 4.78 is 37.4. The number of allylic oxidation sites excluding steroid dienone is 2. The quantitative estimate of drug-likeness (QED) is 0.706. The number of carbonyl (C=O) groups excluding carboxylic acids is 1. The standard InChI is InChI=1S/C20H18F3NO/c1-24(2)18-11-5-16(6-12-18)8-14-19(25)13-7-15-3-9-17(10-4-15)20(21,22)23/h3-14H,1-2H3/b13-7+,14-8+. The zero-order valence-electron chi connectivity index (χ0n) is 13.9. The van der Waals surface area contributed by atoms with E-state index in [9.17, 15) is 18.0 Å². The van der Waals surface area contributed by atoms with Gasteiger partial charge in [0.05, 0.1) is 5.56 Å². The predicted octanol–water partition coefficient (Wildman–Crippen LogP) is 5.07. The zero-order chi connectivity index (χ0) is 18.4. The topological polar surface area (TPSA) is 20.3 Å². The number of alkyl halides is 3. The van der Waals surface area contributed by atoms with Crippen molar-refractivity contribution in [3.8, 4) is 0 Å². The lowest BCUT2D eigenvalue weighted by Gasteiger charge is -2.11. The van der Waals surface area contributed by atoms with Gasteiger partial charge in [0.25, 0.3) is 0 Å². The lowest BCUT2D eigenvalue weighted by molar-refractivity contribution is -0.137. The lowest BCUT2D eigenvalue weighted by atomic mass is 10.1. The van der Waals surface area contributed by atoms with Crippen LogP contribution >= 0.6 is 0 Å². The number of carbonyl (C=O) groups is 1. The molecule has 0 amide bonds. The smallest absolute Gasteiger partial charge is 0.378 e. The van der Waals surface area contributed by atoms with Crippen LogP contribution in [0, 0.1) is 0 Å². The van der Waals surface area contributed by atoms with Crippen molar-refractivity contribution in [3.63, 3.8) is 0 Å². The first-order valence-corrected chi connectivity index (χ1v) is 7.60. The van der Waals surface area contributed by atoms with Crippen molar-refractivity contribution in [3.05, 3.63) is 77.4 Å². The molecule has 5 heteroatoms. The fraction of sp³-hybridized carbons (Fsp3) is 0.150. The van der Waals surface area contributed by atoms with E-state index in [-0.39, 0.29) is 5.78 Å². The monoisotopic (exact) mass is 345 g/mol. The van der Waals surface area contributed by atoms with Gasteiger partial charge in [-0.2, -0.15) is 13.2 Å². The molecule has 0 N–H and O–H groups in total. The fourth-order valence-corrected chi connectivity index (χ4v) is 2.08. The zero-order valence-corrected chi connectivity index (χ0v) is 13.9. The van der Waals surface area contributed by atoms with Gasteiger partial charge in [0.2, 0.25) is 0 Å². The molecule has 0 bridgehead atoms. The maximum absolute atomic E-state index is 12.5. The molecule has 0 saturated heterocycles. The van der Waals surface area contributed by atoms with Crippen LogP contribution in [0.2, 0.25) is 0 Å². The summed E-state index contributed by atoms with van der Waals surface area (Å²) in [5.41, 5.74) is 1.77. The number of ketones is 1. The summed E-state index contributed by atoms with van der Waals surface area (Å²) >= 11 is 0. The van der Waals surface area contributed by atoms with E-state index < -0.39 is 11.7 Å². The Morgan fingerprint density at radius 1 is 0.840 bits per heavy atom. The van der Waals surface area contributed by atoms with Crippen molar-refractivity contribution >= 4 is 23.6 Å². The molecular formula is C20H18F3NO. The van der Waals surface area contributed by atoms with Gasteiger partial charge in [-0.25, -0.2) is 0 Å². The molecule has 0 heterocycles. The molecule has 2 aromatic carbocycles. The Morgan fingerprint density at radius 3 is 1.68 bits per heavy atom. The third kappa shape index (κ3) is 5.64. The first kappa shape index (κ1) is 18.5. The first-order chi connectivity index (χ1) is 11.8. The average molecular weight is 345 g/mol. The molecule has 0 saturated carbocycles. The van der Waals surface area contributed by atoms with Gasteiger partial charge in [0.1, 0.15) is 0 Å². The molecule has 0 aliphatic heterocycles. The second-order valence-electron chi connectivity index (χ2n) is 5.67. The van der Waals surface area contributed by atoms with Crippen LogP contribution in [-0.4, -0.2) is 19.9 Å². The Kier molecular flexibility index (Phi) is 5.80. The maximum Gasteiger partial charge on any atom is 0.416 e. The van der Waals surface area contributed by atoms with Gasteiger partial charge in [-0.15, -0.1) is 0 Å². The van der Waals surface area contributed by atoms with Gasteiger partial charge in [-0.05, 0) is 47.5 Å². The van der Waals surface area contributed by atoms with Crippen LogP contribution in [-0.2, 0) is 11.0 Å². The normalized spacial score (nSPS) is 12.0. The summed E-state index contributed by atoms with van der Waals surface area (Å²) in [4.78, 5) is 13.8. The lowest BCUT2D eigenvalue weighted by Crippen LogP contribution is -2.07. The Morgan fingerprint density at radius 2 is 1.28 bits per heavy atom. The third-order valence-electron chi connectivity index (χ3n) is 3.53. The maximum atomic E-state index is 12.5. The molecule has 0 unspecified atom stereocenters. The minimum atomic E-state index is -4.36. The minimum absolute atomic E-state index is 0.239. The number of rotatable bonds is 5. The van der Waals surface area contributed by atoms with Crippen LogP contribution in [0.15, 0.2) is 60.7 Å². The molecule has 0 fully saturated rings. The molecule has 2 rings (SSSR count). The second kappa shape index (κ2) is 7.83. The summed E-state index contributed by atoms with van der Waals surface area (Å²) in [6.07, 6.45) is 1.57. The van der Waals surface area contributed by atoms with Crippen LogP contribution in [0.4, 0.5) is 18.9 Å². The van der Waals surface area contributed by atoms with Gasteiger partial charge >= 0.3 is 6.18 Å². The largest absolute Gasteiger partial charge is 0.416 e. The van der Waals surface area contributed by atoms with Crippen molar-refractivity contribution < 1.29 is 18.0 Å². The Balaban J connectivity index is 1.98. The van der Waals surface area contributed by atoms with Gasteiger partial charge in [-0.3, -0.25) is 4.79 Å². The summed E-state index contributed by atoms with van der Waals surface area (Å²) in [7, 11) is 3.89. The molecule has 25 heavy (non-hydrogen) atoms. The second-order valence-corrected chi connectivity index (χ2v) is 5.67. The summed E-state index contributed by atoms with van der Waals surface area (Å²) in [6, 6.07) is 12.3. The van der Waals surface area contributed by atoms with Crippen molar-refractivity contribution in [2.24, 2.45) is 0 Å². The number of anilines is 1. The summed E-state index contributed by atoms with van der Waals surface area (Å²) in [6.45, 7) is 0. The van der Waals surface area contributed by atoms with Gasteiger partial charge < -0.3 is 4.90 Å². The highest BCUT2D eigenvalue weighted by molar-refractivity contribution is 6.04. The average Bonchev–Trinajstić information content (AvgIpc) is 2.58. The summed E-state index contributed by atoms with van der Waals surface area (Å²) in [5, 5.41) is 0. The number of nitrogens with zero attached hydrogens (tertiary/aromatic N) is 1. The van der Waals surface area contributed by atoms with E-state index in [1.165, 1.54) is 30.4 Å². The fourth-order valence-electron chi connectivity index (χ4n) is 2.08. The van der Waals surface area contributed by atoms with E-state index in [1.54, 1.807) is 6.08 Å². The van der Waals surface area contributed by atoms with E-state index in [1.807, 2.05) is 43.3 Å². The van der Waals surface area contributed by atoms with Crippen LogP contribution < -0.4 is 4.90 Å². The minimum Gasteiger partial charge on any atom is -0.378 e. The van der Waals surface area contributed by atoms with E-state index in [0.29, 0.717) is 5.56 Å². The Labute approximate surface area is 144 Å². The van der Waals surface area contributed by atoms with E-state index in [0.717, 1.165) is 23.4 Å². The highest BCUT2D eigenvalue weighted by Crippen LogP contribution is 2.29. The molecule has 2 aromatic rings. The Bertz CT molecular complexity index is 770. The molecule has 0 atom stereocenters. The third-order valence-corrected chi connectivity index (χ3v) is 3.53. The number of hydrogen-bond donors (Lipinski definition) is 0. The number of benzene rings is 2. The van der Waals surface area contributed by atoms with Crippen LogP contribution in [0.25, 0.3) is 12.2 Å². The van der Waals surface area contributed by atoms with E-state index in [2.05, 4.69) is 0 Å². The molecule has 0 aliphatic carbocycles. The van der Waals surface area contributed by atoms with Crippen LogP contribution in [0.5, 0.6) is 0 Å². The van der Waals surface area contributed by atoms with Gasteiger partial charge in [0.15, 0.2) is 5.78 Å². The molecule has 0 spiro atoms. The molecule has 0 radical (unpaired) electrons. The Hall–Kier alpha value is -2.82. The SMILES string of the molecule is CN(C)c1ccc(/C=C/C(=O)/C=C/c2ccc(C(F)(F)F)cc2)cc1. The highest BCUT2D eigenvalue weighted by atomic mass is 19.4. The molecule has 130 valence electrons. The van der Waals surface area contributed by atoms with Crippen LogP contribution in [0.3, 0.4) is 0 Å². The van der Waals surface area contributed by atoms with Crippen molar-refractivity contribution in [1.82, 2.24) is 0 Å². The number of halogens is 3. The molecule has 2 nitrogen and oxygen atoms in total. The van der Waals surface area contributed by atoms with E-state index in [4.69, 9.17) is 0 Å². The van der Waals surface area contributed by atoms with Crippen molar-refractivity contribution in [2.45, 2.75) is 6.18 Å². The van der Waals surface area contributed by atoms with Crippen molar-refractivity contribution in [1.29, 1.82) is 0 Å². The first-order valence-electron chi connectivity index (χ1n) is 7.60. The van der Waals surface area contributed by atoms with Crippen molar-refractivity contribution in [2.75, 3.05) is 19.0 Å². The van der Waals surface area contributed by atoms with Gasteiger partial charge in [0, 0.05) is 19.8 Å². The molecular weight excluding hydrogens is 327 g/mol. The van der Waals surface area contributed by atoms with E-state index >= 15 is 0 Å². The molecule has 0 aromatic heterocycles. The summed E-state index contributed by atoms with van der Waals surface area (Å²) in [5.74, 6) is -0.239. The number of hydrogen-bond acceptors (Lipinski definition) is 2. The predicted molar refractivity (Wildman–Crippen MR) is 95.3 cm³/mol. The molecule has 0 aliphatic rings. The van der Waals surface area contributed by atoms with Gasteiger partial charge in [-0.1, -0.05) is 36.4 Å².